The molecular formula is C52H66N16O8S. The molecule has 1 amide bonds. The van der Waals surface area contributed by atoms with Crippen LogP contribution in [0.5, 0.6) is 11.8 Å². The highest BCUT2D eigenvalue weighted by Gasteiger charge is 2.18. The molecule has 0 saturated heterocycles. The van der Waals surface area contributed by atoms with Gasteiger partial charge in [-0.25, -0.2) is 38.1 Å². The lowest BCUT2D eigenvalue weighted by Crippen LogP contribution is -2.13. The van der Waals surface area contributed by atoms with Crippen molar-refractivity contribution in [1.82, 2.24) is 53.6 Å². The van der Waals surface area contributed by atoms with Crippen molar-refractivity contribution in [2.45, 2.75) is 71.5 Å². The van der Waals surface area contributed by atoms with Crippen molar-refractivity contribution in [2.75, 3.05) is 36.8 Å². The minimum Gasteiger partial charge on any atom is -0.479 e. The third-order valence-electron chi connectivity index (χ3n) is 9.73. The summed E-state index contributed by atoms with van der Waals surface area (Å²) in [5, 5.41) is 27.5. The standard InChI is InChI=1S/C17H20N6O2.C11H14N4.C9H9NO2S.C6H8N2O3.C6H6N2O.C3H9N/c1-11(2)23-10-18-8-14(23)13-6-5-7-15(19-13)20-16(24)12-9-22(3)21-17(12)25-4;1-8(2)15-7-13-6-10(15)9-4-3-5-11(12)14-9;1-8-2-4-9(5-3-8)13(11,12)7-6-10;1-8-3-4(6(9)10)5(7-8)11-2;7-6-3-1-2-5(4-9)8-6;1-3(2)4/h5-11H,1-4H3,(H,19,20,24);3-8H,1-2H3,(H2,12,14);2-5H,7H2,1H3;3H,1-2H3,(H,9,10);1-4H,(H2,7,8);3H,4H2,1-2H3. The van der Waals surface area contributed by atoms with Crippen molar-refractivity contribution in [3.63, 3.8) is 0 Å². The zero-order valence-electron chi connectivity index (χ0n) is 44.8. The molecule has 0 atom stereocenters. The SMILES string of the molecule is CC(C)N.CC(C)n1cncc1-c1cccc(N)n1.COc1nn(C)cc1C(=O)Nc1cccc(-c2cncn2C(C)C)n1.COc1nn(C)cc1C(=O)O.Cc1ccc(S(=O)(=O)CC#N)cc1.Nc1cccc(C=O)n1. The zero-order chi connectivity index (χ0) is 57.4. The first-order valence-electron chi connectivity index (χ1n) is 23.5. The fourth-order valence-corrected chi connectivity index (χ4v) is 7.13. The van der Waals surface area contributed by atoms with E-state index in [1.54, 1.807) is 81.4 Å². The average molecular weight is 1080 g/mol. The Morgan fingerprint density at radius 1 is 0.740 bits per heavy atom. The number of nitriles is 1. The molecule has 0 fully saturated rings. The topological polar surface area (TPSA) is 348 Å². The van der Waals surface area contributed by atoms with Crippen LogP contribution in [-0.2, 0) is 23.9 Å². The number of pyridine rings is 3. The van der Waals surface area contributed by atoms with Crippen LogP contribution in [0.1, 0.15) is 90.4 Å². The number of amides is 1. The molecule has 0 saturated carbocycles. The van der Waals surface area contributed by atoms with E-state index < -0.39 is 21.6 Å². The van der Waals surface area contributed by atoms with Gasteiger partial charge in [-0.3, -0.25) is 19.0 Å². The van der Waals surface area contributed by atoms with E-state index in [0.29, 0.717) is 47.1 Å². The van der Waals surface area contributed by atoms with Gasteiger partial charge in [0.25, 0.3) is 5.91 Å². The summed E-state index contributed by atoms with van der Waals surface area (Å²) in [7, 11) is 2.83. The lowest BCUT2D eigenvalue weighted by Gasteiger charge is -2.12. The number of hydrogen-bond acceptors (Lipinski definition) is 18. The molecule has 25 heteroatoms. The molecule has 0 aliphatic carbocycles. The number of anilines is 3. The van der Waals surface area contributed by atoms with E-state index in [1.165, 1.54) is 41.9 Å². The summed E-state index contributed by atoms with van der Waals surface area (Å²) < 4.78 is 39.5. The number of aryl methyl sites for hydroxylation is 3. The number of nitrogens with two attached hydrogens (primary N) is 3. The van der Waals surface area contributed by atoms with Gasteiger partial charge in [0.1, 0.15) is 40.0 Å². The molecule has 7 heterocycles. The van der Waals surface area contributed by atoms with Crippen LogP contribution in [0.2, 0.25) is 0 Å². The van der Waals surface area contributed by atoms with Crippen LogP contribution in [0.4, 0.5) is 17.5 Å². The molecular weight excluding hydrogens is 1010 g/mol. The minimum absolute atomic E-state index is 0.0787. The van der Waals surface area contributed by atoms with Crippen molar-refractivity contribution < 1.29 is 37.4 Å². The first kappa shape index (κ1) is 62.0. The highest BCUT2D eigenvalue weighted by atomic mass is 32.2. The number of carbonyl (C=O) groups is 3. The number of aromatic nitrogens is 11. The van der Waals surface area contributed by atoms with Crippen LogP contribution in [0.3, 0.4) is 0 Å². The lowest BCUT2D eigenvalue weighted by molar-refractivity contribution is 0.0692. The number of imidazole rings is 2. The summed E-state index contributed by atoms with van der Waals surface area (Å²) in [6.45, 7) is 14.1. The second-order valence-corrected chi connectivity index (χ2v) is 19.2. The Morgan fingerprint density at radius 3 is 1.64 bits per heavy atom. The number of carbonyl (C=O) groups excluding carboxylic acids is 2. The maximum atomic E-state index is 12.5. The van der Waals surface area contributed by atoms with Crippen LogP contribution in [0.25, 0.3) is 22.8 Å². The summed E-state index contributed by atoms with van der Waals surface area (Å²) in [5.74, 6) is -0.0553. The second kappa shape index (κ2) is 30.2. The van der Waals surface area contributed by atoms with Crippen molar-refractivity contribution in [3.05, 3.63) is 139 Å². The number of sulfone groups is 1. The van der Waals surface area contributed by atoms with E-state index in [0.717, 1.165) is 28.3 Å². The Bertz CT molecular complexity index is 3300. The summed E-state index contributed by atoms with van der Waals surface area (Å²) in [4.78, 5) is 54.0. The molecule has 0 radical (unpaired) electrons. The van der Waals surface area contributed by atoms with E-state index in [4.69, 9.17) is 37.0 Å². The number of methoxy groups -OCH3 is 2. The second-order valence-electron chi connectivity index (χ2n) is 17.2. The molecule has 0 unspecified atom stereocenters. The van der Waals surface area contributed by atoms with Crippen molar-refractivity contribution in [3.8, 4) is 40.6 Å². The first-order chi connectivity index (χ1) is 36.4. The average Bonchev–Trinajstić information content (AvgIpc) is 4.22. The summed E-state index contributed by atoms with van der Waals surface area (Å²) >= 11 is 0. The van der Waals surface area contributed by atoms with Gasteiger partial charge in [-0.05, 0) is 89.2 Å². The van der Waals surface area contributed by atoms with E-state index in [9.17, 15) is 22.8 Å². The molecule has 0 aliphatic heterocycles. The van der Waals surface area contributed by atoms with E-state index in [-0.39, 0.29) is 34.2 Å². The Morgan fingerprint density at radius 2 is 1.21 bits per heavy atom. The molecule has 0 spiro atoms. The molecule has 0 aliphatic rings. The van der Waals surface area contributed by atoms with E-state index in [2.05, 4.69) is 72.7 Å². The fourth-order valence-electron chi connectivity index (χ4n) is 6.24. The predicted molar refractivity (Wildman–Crippen MR) is 293 cm³/mol. The Kier molecular flexibility index (Phi) is 24.3. The molecule has 8 N–H and O–H groups in total. The summed E-state index contributed by atoms with van der Waals surface area (Å²) in [6.07, 6.45) is 10.8. The Balaban J connectivity index is 0.000000261. The van der Waals surface area contributed by atoms with Gasteiger partial charge >= 0.3 is 5.97 Å². The number of benzene rings is 1. The predicted octanol–water partition coefficient (Wildman–Crippen LogP) is 6.88. The lowest BCUT2D eigenvalue weighted by atomic mass is 10.2. The maximum absolute atomic E-state index is 12.5. The number of aldehydes is 1. The number of carboxylic acid groups (broad SMARTS) is 1. The normalized spacial score (nSPS) is 10.4. The van der Waals surface area contributed by atoms with Crippen LogP contribution in [0, 0.1) is 18.3 Å². The molecule has 8 rings (SSSR count). The van der Waals surface area contributed by atoms with Crippen molar-refractivity contribution in [2.24, 2.45) is 19.8 Å². The maximum Gasteiger partial charge on any atom is 0.342 e. The largest absolute Gasteiger partial charge is 0.479 e. The van der Waals surface area contributed by atoms with Crippen molar-refractivity contribution in [1.29, 1.82) is 5.26 Å². The van der Waals surface area contributed by atoms with Gasteiger partial charge in [0, 0.05) is 38.6 Å². The number of rotatable bonds is 12. The summed E-state index contributed by atoms with van der Waals surface area (Å²) in [5.41, 5.74) is 21.3. The molecule has 24 nitrogen and oxygen atoms in total. The van der Waals surface area contributed by atoms with Gasteiger partial charge < -0.3 is 46.2 Å². The molecule has 1 aromatic carbocycles. The van der Waals surface area contributed by atoms with Gasteiger partial charge in [-0.15, -0.1) is 10.2 Å². The van der Waals surface area contributed by atoms with E-state index in [1.807, 2.05) is 62.1 Å². The third kappa shape index (κ3) is 19.8. The van der Waals surface area contributed by atoms with E-state index >= 15 is 0 Å². The highest BCUT2D eigenvalue weighted by Crippen LogP contribution is 2.24. The summed E-state index contributed by atoms with van der Waals surface area (Å²) in [6, 6.07) is 25.0. The quantitative estimate of drug-likeness (QED) is 0.0778. The van der Waals surface area contributed by atoms with Crippen LogP contribution in [-0.4, -0.2) is 111 Å². The van der Waals surface area contributed by atoms with Gasteiger partial charge in [0.2, 0.25) is 11.8 Å². The monoisotopic (exact) mass is 1070 g/mol. The molecule has 8 aromatic rings. The molecule has 0 bridgehead atoms. The Hall–Kier alpha value is -9.28. The third-order valence-corrected chi connectivity index (χ3v) is 11.2. The first-order valence-corrected chi connectivity index (χ1v) is 25.1. The highest BCUT2D eigenvalue weighted by molar-refractivity contribution is 7.91. The molecule has 408 valence electrons. The number of aromatic carboxylic acids is 1. The smallest absolute Gasteiger partial charge is 0.342 e. The number of nitrogens with zero attached hydrogens (tertiary/aromatic N) is 12. The minimum atomic E-state index is -3.39. The van der Waals surface area contributed by atoms with Gasteiger partial charge in [0.15, 0.2) is 16.1 Å². The number of ether oxygens (including phenoxy) is 2. The van der Waals surface area contributed by atoms with Crippen LogP contribution < -0.4 is 32.0 Å². The van der Waals surface area contributed by atoms with Gasteiger partial charge in [0.05, 0.1) is 73.0 Å². The van der Waals surface area contributed by atoms with Crippen molar-refractivity contribution >= 4 is 45.5 Å². The number of hydrogen-bond donors (Lipinski definition) is 5. The number of carboxylic acids is 1. The van der Waals surface area contributed by atoms with Gasteiger partial charge in [-0.1, -0.05) is 49.7 Å². The Labute approximate surface area is 447 Å². The number of nitrogen functional groups attached to an aromatic ring is 2. The number of nitrogens with one attached hydrogen (secondary N) is 1. The van der Waals surface area contributed by atoms with Crippen LogP contribution >= 0.6 is 0 Å². The zero-order valence-corrected chi connectivity index (χ0v) is 45.6. The fraction of sp³-hybridized carbons (Fsp3) is 0.288. The molecule has 77 heavy (non-hydrogen) atoms. The molecule has 7 aromatic heterocycles. The van der Waals surface area contributed by atoms with Crippen LogP contribution in [0.15, 0.2) is 121 Å². The van der Waals surface area contributed by atoms with Gasteiger partial charge in [-0.2, -0.15) is 5.26 Å².